The maximum Gasteiger partial charge on any atom is 0.220 e. The second-order valence-electron chi connectivity index (χ2n) is 20.8. The second-order valence-corrected chi connectivity index (χ2v) is 20.8. The van der Waals surface area contributed by atoms with Crippen LogP contribution in [0.25, 0.3) is 0 Å². The van der Waals surface area contributed by atoms with Gasteiger partial charge in [0.2, 0.25) is 5.91 Å². The van der Waals surface area contributed by atoms with Gasteiger partial charge in [-0.15, -0.1) is 0 Å². The molecule has 2 aliphatic rings. The second kappa shape index (κ2) is 43.7. The lowest BCUT2D eigenvalue weighted by molar-refractivity contribution is -0.359. The number of hydrogen-bond acceptors (Lipinski definition) is 13. The van der Waals surface area contributed by atoms with Crippen LogP contribution in [0.5, 0.6) is 0 Å². The van der Waals surface area contributed by atoms with Gasteiger partial charge < -0.3 is 65.1 Å². The molecule has 0 aromatic heterocycles. The van der Waals surface area contributed by atoms with Gasteiger partial charge in [0.15, 0.2) is 12.6 Å². The number of aliphatic hydroxyl groups is 8. The van der Waals surface area contributed by atoms with E-state index in [1.165, 1.54) is 135 Å². The lowest BCUT2D eigenvalue weighted by Crippen LogP contribution is -2.65. The Bertz CT molecular complexity index is 1290. The number of unbranched alkanes of at least 4 members (excludes halogenated alkanes) is 29. The van der Waals surface area contributed by atoms with E-state index < -0.39 is 86.8 Å². The van der Waals surface area contributed by atoms with Gasteiger partial charge in [-0.2, -0.15) is 0 Å². The molecule has 2 saturated heterocycles. The Kier molecular flexibility index (Phi) is 40.4. The number of carbonyl (C=O) groups is 1. The summed E-state index contributed by atoms with van der Waals surface area (Å²) in [5.74, 6) is -0.219. The van der Waals surface area contributed by atoms with Crippen molar-refractivity contribution in [3.63, 3.8) is 0 Å². The molecular weight excluding hydrogens is 907 g/mol. The minimum Gasteiger partial charge on any atom is -0.394 e. The lowest BCUT2D eigenvalue weighted by atomic mass is 9.97. The monoisotopic (exact) mass is 1010 g/mol. The van der Waals surface area contributed by atoms with Crippen LogP contribution in [0.2, 0.25) is 0 Å². The Labute approximate surface area is 430 Å². The zero-order chi connectivity index (χ0) is 51.7. The van der Waals surface area contributed by atoms with Crippen LogP contribution in [0, 0.1) is 0 Å². The standard InChI is InChI=1S/C57H107NO13/c1-3-5-7-9-11-13-15-17-19-20-21-22-23-24-25-26-27-28-30-32-34-36-38-40-46(61)45(58-49(62)41-39-37-35-33-31-29-18-16-14-12-10-8-6-4-2)44-68-56-54(67)52(65)55(48(43-60)70-56)71-57-53(66)51(64)50(63)47(42-59)69-57/h10,12,16,18,45-48,50-57,59-61,63-67H,3-9,11,13-15,17,19-44H2,1-2H3,(H,58,62)/b12-10-,18-16-. The fraction of sp³-hybridized carbons (Fsp3) is 0.912. The fourth-order valence-corrected chi connectivity index (χ4v) is 9.67. The van der Waals surface area contributed by atoms with Crippen LogP contribution in [0.3, 0.4) is 0 Å². The van der Waals surface area contributed by atoms with Gasteiger partial charge in [0, 0.05) is 6.42 Å². The molecule has 0 aromatic carbocycles. The Balaban J connectivity index is 1.75. The highest BCUT2D eigenvalue weighted by Gasteiger charge is 2.51. The number of allylic oxidation sites excluding steroid dienone is 4. The fourth-order valence-electron chi connectivity index (χ4n) is 9.67. The molecule has 0 saturated carbocycles. The maximum atomic E-state index is 13.2. The van der Waals surface area contributed by atoms with Crippen LogP contribution in [0.15, 0.2) is 24.3 Å². The molecule has 12 unspecified atom stereocenters. The third kappa shape index (κ3) is 30.0. The van der Waals surface area contributed by atoms with Crippen LogP contribution >= 0.6 is 0 Å². The van der Waals surface area contributed by atoms with Crippen LogP contribution < -0.4 is 5.32 Å². The number of aliphatic hydroxyl groups excluding tert-OH is 8. The van der Waals surface area contributed by atoms with Gasteiger partial charge in [-0.05, 0) is 38.5 Å². The van der Waals surface area contributed by atoms with Gasteiger partial charge in [-0.1, -0.05) is 218 Å². The van der Waals surface area contributed by atoms with Gasteiger partial charge >= 0.3 is 0 Å². The Morgan fingerprint density at radius 1 is 0.507 bits per heavy atom. The maximum absolute atomic E-state index is 13.2. The van der Waals surface area contributed by atoms with Crippen molar-refractivity contribution >= 4 is 5.91 Å². The molecule has 9 N–H and O–H groups in total. The van der Waals surface area contributed by atoms with E-state index in [4.69, 9.17) is 18.9 Å². The normalized spacial score (nSPS) is 25.9. The van der Waals surface area contributed by atoms with E-state index in [-0.39, 0.29) is 18.9 Å². The summed E-state index contributed by atoms with van der Waals surface area (Å²) in [4.78, 5) is 13.2. The zero-order valence-electron chi connectivity index (χ0n) is 44.7. The highest BCUT2D eigenvalue weighted by Crippen LogP contribution is 2.30. The summed E-state index contributed by atoms with van der Waals surface area (Å²) in [6, 6.07) is -0.834. The van der Waals surface area contributed by atoms with Gasteiger partial charge in [0.05, 0.1) is 32.0 Å². The summed E-state index contributed by atoms with van der Waals surface area (Å²) in [6.07, 6.45) is 33.2. The molecule has 71 heavy (non-hydrogen) atoms. The van der Waals surface area contributed by atoms with Crippen molar-refractivity contribution in [2.24, 2.45) is 0 Å². The van der Waals surface area contributed by atoms with E-state index in [2.05, 4.69) is 43.5 Å². The molecule has 12 atom stereocenters. The number of amides is 1. The summed E-state index contributed by atoms with van der Waals surface area (Å²) < 4.78 is 22.8. The SMILES string of the molecule is CCCC/C=C\C/C=C\CCCCCCCC(=O)NC(COC1OC(CO)C(OC2OC(CO)C(O)C(O)C2O)C(O)C1O)C(O)CCCCCCCCCCCCCCCCCCCCCCCCC. The number of hydrogen-bond donors (Lipinski definition) is 9. The Morgan fingerprint density at radius 3 is 1.45 bits per heavy atom. The van der Waals surface area contributed by atoms with E-state index in [0.29, 0.717) is 12.8 Å². The van der Waals surface area contributed by atoms with Crippen molar-refractivity contribution < 1.29 is 64.6 Å². The largest absolute Gasteiger partial charge is 0.394 e. The minimum absolute atomic E-state index is 0.219. The van der Waals surface area contributed by atoms with Crippen molar-refractivity contribution in [2.45, 2.75) is 312 Å². The predicted octanol–water partition coefficient (Wildman–Crippen LogP) is 9.28. The molecule has 2 rings (SSSR count). The summed E-state index contributed by atoms with van der Waals surface area (Å²) in [6.45, 7) is 2.82. The first-order chi connectivity index (χ1) is 34.6. The van der Waals surface area contributed by atoms with Crippen LogP contribution in [0.1, 0.15) is 239 Å². The van der Waals surface area contributed by atoms with Gasteiger partial charge in [-0.3, -0.25) is 4.79 Å². The third-order valence-corrected chi connectivity index (χ3v) is 14.4. The van der Waals surface area contributed by atoms with E-state index in [1.54, 1.807) is 0 Å². The van der Waals surface area contributed by atoms with Gasteiger partial charge in [-0.25, -0.2) is 0 Å². The van der Waals surface area contributed by atoms with Crippen molar-refractivity contribution in [3.05, 3.63) is 24.3 Å². The predicted molar refractivity (Wildman–Crippen MR) is 282 cm³/mol. The first-order valence-corrected chi connectivity index (χ1v) is 29.1. The van der Waals surface area contributed by atoms with Crippen LogP contribution in [-0.2, 0) is 23.7 Å². The molecule has 0 aromatic rings. The number of ether oxygens (including phenoxy) is 4. The van der Waals surface area contributed by atoms with Crippen molar-refractivity contribution in [3.8, 4) is 0 Å². The molecule has 1 amide bonds. The molecule has 0 bridgehead atoms. The van der Waals surface area contributed by atoms with E-state index in [9.17, 15) is 45.6 Å². The highest BCUT2D eigenvalue weighted by atomic mass is 16.7. The molecule has 0 spiro atoms. The molecule has 2 fully saturated rings. The van der Waals surface area contributed by atoms with Gasteiger partial charge in [0.1, 0.15) is 48.8 Å². The Hall–Kier alpha value is -1.53. The summed E-state index contributed by atoms with van der Waals surface area (Å²) in [7, 11) is 0. The molecule has 0 aliphatic carbocycles. The lowest BCUT2D eigenvalue weighted by Gasteiger charge is -2.46. The first-order valence-electron chi connectivity index (χ1n) is 29.1. The van der Waals surface area contributed by atoms with Crippen molar-refractivity contribution in [1.82, 2.24) is 5.32 Å². The first kappa shape index (κ1) is 65.6. The molecule has 2 aliphatic heterocycles. The van der Waals surface area contributed by atoms with E-state index in [1.807, 2.05) is 0 Å². The number of carbonyl (C=O) groups excluding carboxylic acids is 1. The average molecular weight is 1010 g/mol. The summed E-state index contributed by atoms with van der Waals surface area (Å²) >= 11 is 0. The topological polar surface area (TPSA) is 228 Å². The van der Waals surface area contributed by atoms with Crippen LogP contribution in [-0.4, -0.2) is 140 Å². The molecule has 418 valence electrons. The molecule has 2 heterocycles. The number of rotatable bonds is 46. The zero-order valence-corrected chi connectivity index (χ0v) is 44.7. The minimum atomic E-state index is -1.78. The smallest absolute Gasteiger partial charge is 0.220 e. The molecule has 14 heteroatoms. The van der Waals surface area contributed by atoms with Crippen LogP contribution in [0.4, 0.5) is 0 Å². The van der Waals surface area contributed by atoms with Crippen molar-refractivity contribution in [2.75, 3.05) is 19.8 Å². The van der Waals surface area contributed by atoms with E-state index >= 15 is 0 Å². The summed E-state index contributed by atoms with van der Waals surface area (Å²) in [5.41, 5.74) is 0. The Morgan fingerprint density at radius 2 is 0.944 bits per heavy atom. The quantitative estimate of drug-likeness (QED) is 0.0205. The van der Waals surface area contributed by atoms with Crippen molar-refractivity contribution in [1.29, 1.82) is 0 Å². The van der Waals surface area contributed by atoms with E-state index in [0.717, 1.165) is 70.6 Å². The van der Waals surface area contributed by atoms with Gasteiger partial charge in [0.25, 0.3) is 0 Å². The number of nitrogens with one attached hydrogen (secondary N) is 1. The highest BCUT2D eigenvalue weighted by molar-refractivity contribution is 5.76. The summed E-state index contributed by atoms with van der Waals surface area (Å²) in [5, 5.41) is 87.1. The molecule has 0 radical (unpaired) electrons. The third-order valence-electron chi connectivity index (χ3n) is 14.4. The average Bonchev–Trinajstić information content (AvgIpc) is 3.37. The molecule has 14 nitrogen and oxygen atoms in total. The molecular formula is C57H107NO13.